The number of para-hydroxylation sites is 2. The van der Waals surface area contributed by atoms with Gasteiger partial charge in [-0.1, -0.05) is 50.2 Å². The summed E-state index contributed by atoms with van der Waals surface area (Å²) in [5.41, 5.74) is 6.64. The molecule has 2 heterocycles. The third-order valence-corrected chi connectivity index (χ3v) is 9.70. The Balaban J connectivity index is 1.34. The highest BCUT2D eigenvalue weighted by atomic mass is 32.2. The van der Waals surface area contributed by atoms with Crippen LogP contribution in [0, 0.1) is 0 Å². The van der Waals surface area contributed by atoms with Crippen molar-refractivity contribution in [1.29, 1.82) is 0 Å². The van der Waals surface area contributed by atoms with E-state index in [2.05, 4.69) is 72.2 Å². The van der Waals surface area contributed by atoms with Crippen LogP contribution in [0.15, 0.2) is 107 Å². The zero-order chi connectivity index (χ0) is 25.6. The summed E-state index contributed by atoms with van der Waals surface area (Å²) < 4.78 is 26.9. The molecular weight excluding hydrogens is 476 g/mol. The molecule has 0 radical (unpaired) electrons. The Bertz CT molecular complexity index is 1490. The van der Waals surface area contributed by atoms with Gasteiger partial charge in [-0.3, -0.25) is 0 Å². The van der Waals surface area contributed by atoms with Gasteiger partial charge in [0.2, 0.25) is 9.84 Å². The Morgan fingerprint density at radius 1 is 0.595 bits per heavy atom. The van der Waals surface area contributed by atoms with E-state index in [-0.39, 0.29) is 5.41 Å². The highest BCUT2D eigenvalue weighted by molar-refractivity contribution is 7.91. The van der Waals surface area contributed by atoms with Crippen LogP contribution in [-0.2, 0) is 15.3 Å². The molecule has 4 aromatic rings. The van der Waals surface area contributed by atoms with Crippen LogP contribution in [0.5, 0.6) is 0 Å². The van der Waals surface area contributed by atoms with Crippen molar-refractivity contribution in [3.8, 4) is 0 Å². The van der Waals surface area contributed by atoms with Crippen LogP contribution in [0.1, 0.15) is 44.2 Å². The first-order valence-corrected chi connectivity index (χ1v) is 14.5. The lowest BCUT2D eigenvalue weighted by atomic mass is 9.73. The minimum absolute atomic E-state index is 0.132. The van der Waals surface area contributed by atoms with Crippen LogP contribution >= 0.6 is 0 Å². The maximum atomic E-state index is 13.5. The van der Waals surface area contributed by atoms with E-state index in [0.717, 1.165) is 35.8 Å². The number of rotatable bonds is 4. The van der Waals surface area contributed by atoms with Gasteiger partial charge in [-0.15, -0.1) is 0 Å². The predicted octanol–water partition coefficient (Wildman–Crippen LogP) is 7.62. The fraction of sp³-hybridized carbons (Fsp3) is 0.250. The number of sulfone groups is 1. The monoisotopic (exact) mass is 508 g/mol. The third kappa shape index (κ3) is 4.02. The van der Waals surface area contributed by atoms with E-state index in [1.54, 1.807) is 24.3 Å². The van der Waals surface area contributed by atoms with Crippen LogP contribution < -0.4 is 9.80 Å². The molecule has 4 nitrogen and oxygen atoms in total. The predicted molar refractivity (Wildman–Crippen MR) is 151 cm³/mol. The summed E-state index contributed by atoms with van der Waals surface area (Å²) in [6, 6.07) is 31.6. The van der Waals surface area contributed by atoms with Crippen molar-refractivity contribution in [2.24, 2.45) is 0 Å². The van der Waals surface area contributed by atoms with Gasteiger partial charge in [0.25, 0.3) is 0 Å². The molecule has 2 aliphatic rings. The molecule has 0 saturated carbocycles. The molecule has 0 aliphatic carbocycles. The largest absolute Gasteiger partial charge is 0.372 e. The topological polar surface area (TPSA) is 40.6 Å². The van der Waals surface area contributed by atoms with Crippen LogP contribution in [0.3, 0.4) is 0 Å². The van der Waals surface area contributed by atoms with E-state index >= 15 is 0 Å². The van der Waals surface area contributed by atoms with Crippen LogP contribution in [-0.4, -0.2) is 21.5 Å². The third-order valence-electron chi connectivity index (χ3n) is 7.91. The van der Waals surface area contributed by atoms with Gasteiger partial charge < -0.3 is 9.80 Å². The summed E-state index contributed by atoms with van der Waals surface area (Å²) >= 11 is 0. The maximum Gasteiger partial charge on any atom is 0.206 e. The van der Waals surface area contributed by atoms with Crippen molar-refractivity contribution in [3.63, 3.8) is 0 Å². The molecule has 5 heteroatoms. The maximum absolute atomic E-state index is 13.5. The average molecular weight is 509 g/mol. The van der Waals surface area contributed by atoms with Gasteiger partial charge in [0, 0.05) is 29.9 Å². The molecule has 6 rings (SSSR count). The minimum atomic E-state index is -3.61. The molecule has 0 spiro atoms. The van der Waals surface area contributed by atoms with Crippen molar-refractivity contribution >= 4 is 32.6 Å². The lowest BCUT2D eigenvalue weighted by molar-refractivity contribution is 0.577. The SMILES string of the molecule is CC1(C)c2ccccc2N(c2ccc(S(=O)(=O)c3ccc(N4CCCCC4)cc3)cc2)c2ccccc21. The second-order valence-corrected chi connectivity index (χ2v) is 12.5. The molecule has 0 amide bonds. The number of fused-ring (bicyclic) bond motifs is 2. The normalized spacial score (nSPS) is 16.7. The summed E-state index contributed by atoms with van der Waals surface area (Å²) in [5.74, 6) is 0. The van der Waals surface area contributed by atoms with E-state index in [9.17, 15) is 8.42 Å². The first kappa shape index (κ1) is 23.8. The van der Waals surface area contributed by atoms with Gasteiger partial charge in [-0.25, -0.2) is 8.42 Å². The Labute approximate surface area is 220 Å². The molecule has 0 aromatic heterocycles. The highest BCUT2D eigenvalue weighted by Gasteiger charge is 2.36. The number of anilines is 4. The summed E-state index contributed by atoms with van der Waals surface area (Å²) in [6.45, 7) is 6.59. The van der Waals surface area contributed by atoms with E-state index < -0.39 is 9.84 Å². The van der Waals surface area contributed by atoms with Gasteiger partial charge in [0.1, 0.15) is 0 Å². The zero-order valence-corrected chi connectivity index (χ0v) is 22.2. The molecule has 2 aliphatic heterocycles. The van der Waals surface area contributed by atoms with Gasteiger partial charge >= 0.3 is 0 Å². The Morgan fingerprint density at radius 3 is 1.57 bits per heavy atom. The highest BCUT2D eigenvalue weighted by Crippen LogP contribution is 2.51. The van der Waals surface area contributed by atoms with E-state index in [1.165, 1.54) is 30.4 Å². The molecule has 1 fully saturated rings. The summed E-state index contributed by atoms with van der Waals surface area (Å²) in [7, 11) is -3.61. The second-order valence-electron chi connectivity index (χ2n) is 10.5. The van der Waals surface area contributed by atoms with Gasteiger partial charge in [0.05, 0.1) is 21.2 Å². The molecular formula is C32H32N2O2S. The number of piperidine rings is 1. The van der Waals surface area contributed by atoms with Gasteiger partial charge in [-0.2, -0.15) is 0 Å². The molecule has 0 unspecified atom stereocenters. The van der Waals surface area contributed by atoms with Gasteiger partial charge in [0.15, 0.2) is 0 Å². The van der Waals surface area contributed by atoms with Crippen molar-refractivity contribution in [3.05, 3.63) is 108 Å². The average Bonchev–Trinajstić information content (AvgIpc) is 2.94. The Morgan fingerprint density at radius 2 is 1.05 bits per heavy atom. The fourth-order valence-electron chi connectivity index (χ4n) is 5.85. The minimum Gasteiger partial charge on any atom is -0.372 e. The number of nitrogens with zero attached hydrogens (tertiary/aromatic N) is 2. The van der Waals surface area contributed by atoms with Crippen LogP contribution in [0.2, 0.25) is 0 Å². The first-order valence-electron chi connectivity index (χ1n) is 13.1. The Kier molecular flexibility index (Phi) is 5.84. The van der Waals surface area contributed by atoms with Gasteiger partial charge in [-0.05, 0) is 91.1 Å². The lowest BCUT2D eigenvalue weighted by Gasteiger charge is -2.42. The van der Waals surface area contributed by atoms with E-state index in [1.807, 2.05) is 24.3 Å². The van der Waals surface area contributed by atoms with Crippen molar-refractivity contribution in [2.45, 2.75) is 48.3 Å². The van der Waals surface area contributed by atoms with Crippen molar-refractivity contribution < 1.29 is 8.42 Å². The molecule has 188 valence electrons. The summed E-state index contributed by atoms with van der Waals surface area (Å²) in [4.78, 5) is 5.21. The standard InChI is InChI=1S/C32H32N2O2S/c1-32(2)28-10-4-6-12-30(28)34(31-13-7-5-11-29(31)32)25-16-20-27(21-17-25)37(35,36)26-18-14-24(15-19-26)33-22-8-3-9-23-33/h4-7,10-21H,3,8-9,22-23H2,1-2H3. The smallest absolute Gasteiger partial charge is 0.206 e. The zero-order valence-electron chi connectivity index (χ0n) is 21.4. The molecule has 0 bridgehead atoms. The molecule has 4 aromatic carbocycles. The van der Waals surface area contributed by atoms with Crippen LogP contribution in [0.25, 0.3) is 0 Å². The van der Waals surface area contributed by atoms with E-state index in [4.69, 9.17) is 0 Å². The molecule has 0 N–H and O–H groups in total. The number of hydrogen-bond donors (Lipinski definition) is 0. The number of benzene rings is 4. The fourth-order valence-corrected chi connectivity index (χ4v) is 7.11. The number of hydrogen-bond acceptors (Lipinski definition) is 4. The van der Waals surface area contributed by atoms with Crippen molar-refractivity contribution in [1.82, 2.24) is 0 Å². The first-order chi connectivity index (χ1) is 17.9. The Hall–Kier alpha value is -3.57. The summed E-state index contributed by atoms with van der Waals surface area (Å²) in [6.07, 6.45) is 3.65. The molecule has 1 saturated heterocycles. The quantitative estimate of drug-likeness (QED) is 0.284. The van der Waals surface area contributed by atoms with E-state index in [0.29, 0.717) is 9.79 Å². The van der Waals surface area contributed by atoms with Crippen LogP contribution in [0.4, 0.5) is 22.7 Å². The molecule has 37 heavy (non-hydrogen) atoms. The molecule has 0 atom stereocenters. The lowest BCUT2D eigenvalue weighted by Crippen LogP contribution is -2.30. The summed E-state index contributed by atoms with van der Waals surface area (Å²) in [5, 5.41) is 0. The van der Waals surface area contributed by atoms with Crippen molar-refractivity contribution in [2.75, 3.05) is 22.9 Å². The second kappa shape index (κ2) is 9.07.